The average Bonchev–Trinajstić information content (AvgIpc) is 3.77. The quantitative estimate of drug-likeness (QED) is 0.205. The highest BCUT2D eigenvalue weighted by Crippen LogP contribution is 2.42. The summed E-state index contributed by atoms with van der Waals surface area (Å²) >= 11 is 1.72. The molecule has 0 aliphatic heterocycles. The monoisotopic (exact) mass is 593 g/mol. The molecule has 0 atom stereocenters. The molecule has 10 aromatic rings. The maximum absolute atomic E-state index is 6.50. The van der Waals surface area contributed by atoms with E-state index < -0.39 is 0 Å². The summed E-state index contributed by atoms with van der Waals surface area (Å²) in [6, 6.07) is 48.8. The zero-order valence-electron chi connectivity index (χ0n) is 23.9. The maximum atomic E-state index is 6.50. The van der Waals surface area contributed by atoms with Crippen LogP contribution in [0.15, 0.2) is 144 Å². The Morgan fingerprint density at radius 2 is 1.29 bits per heavy atom. The van der Waals surface area contributed by atoms with Crippen molar-refractivity contribution in [3.05, 3.63) is 140 Å². The third kappa shape index (κ3) is 3.59. The molecule has 45 heavy (non-hydrogen) atoms. The van der Waals surface area contributed by atoms with Gasteiger partial charge in [-0.3, -0.25) is 0 Å². The van der Waals surface area contributed by atoms with Crippen LogP contribution in [0.1, 0.15) is 0 Å². The number of rotatable bonds is 3. The highest BCUT2D eigenvalue weighted by atomic mass is 32.1. The molecular weight excluding hydrogens is 571 g/mol. The lowest BCUT2D eigenvalue weighted by atomic mass is 10.1. The van der Waals surface area contributed by atoms with Crippen molar-refractivity contribution >= 4 is 75.4 Å². The number of para-hydroxylation sites is 2. The minimum Gasteiger partial charge on any atom is -0.455 e. The Kier molecular flexibility index (Phi) is 5.12. The van der Waals surface area contributed by atoms with Crippen LogP contribution >= 0.6 is 11.3 Å². The molecule has 0 bridgehead atoms. The molecule has 5 heteroatoms. The molecule has 0 saturated carbocycles. The molecule has 0 spiro atoms. The van der Waals surface area contributed by atoms with Crippen molar-refractivity contribution < 1.29 is 4.42 Å². The van der Waals surface area contributed by atoms with Gasteiger partial charge < -0.3 is 8.98 Å². The van der Waals surface area contributed by atoms with Gasteiger partial charge in [0.2, 0.25) is 0 Å². The van der Waals surface area contributed by atoms with Crippen LogP contribution in [0.4, 0.5) is 0 Å². The highest BCUT2D eigenvalue weighted by molar-refractivity contribution is 7.25. The summed E-state index contributed by atoms with van der Waals surface area (Å²) in [5, 5.41) is 6.86. The topological polar surface area (TPSA) is 43.9 Å². The van der Waals surface area contributed by atoms with E-state index in [0.29, 0.717) is 0 Å². The van der Waals surface area contributed by atoms with E-state index in [2.05, 4.69) is 126 Å². The summed E-state index contributed by atoms with van der Waals surface area (Å²) < 4.78 is 10.1. The standard InChI is InChI=1S/C40H23N3OS/c1-2-11-24(12-3-1)37-36-30-17-6-9-20-34(30)45-40(36)42-39(41-37)25-13-10-14-26(23-25)43-31-18-7-4-16-29(31)35-32(43)22-21-28-27-15-5-8-19-33(27)44-38(28)35/h1-23H. The van der Waals surface area contributed by atoms with Gasteiger partial charge in [0.05, 0.1) is 22.1 Å². The summed E-state index contributed by atoms with van der Waals surface area (Å²) in [6.07, 6.45) is 0. The smallest absolute Gasteiger partial charge is 0.161 e. The van der Waals surface area contributed by atoms with Crippen LogP contribution in [0.3, 0.4) is 0 Å². The molecule has 0 unspecified atom stereocenters. The van der Waals surface area contributed by atoms with E-state index in [-0.39, 0.29) is 0 Å². The Bertz CT molecular complexity index is 2770. The van der Waals surface area contributed by atoms with Gasteiger partial charge in [0, 0.05) is 48.4 Å². The van der Waals surface area contributed by atoms with Gasteiger partial charge in [-0.05, 0) is 42.5 Å². The van der Waals surface area contributed by atoms with Crippen molar-refractivity contribution in [1.29, 1.82) is 0 Å². The predicted octanol–water partition coefficient (Wildman–Crippen LogP) is 11.2. The van der Waals surface area contributed by atoms with Gasteiger partial charge in [0.15, 0.2) is 5.82 Å². The molecule has 6 aromatic carbocycles. The molecule has 10 rings (SSSR count). The largest absolute Gasteiger partial charge is 0.455 e. The Morgan fingerprint density at radius 3 is 2.20 bits per heavy atom. The lowest BCUT2D eigenvalue weighted by Crippen LogP contribution is -1.97. The fraction of sp³-hybridized carbons (Fsp3) is 0. The highest BCUT2D eigenvalue weighted by Gasteiger charge is 2.20. The minimum atomic E-state index is 0.718. The number of thiophene rings is 1. The minimum absolute atomic E-state index is 0.718. The third-order valence-electron chi connectivity index (χ3n) is 8.83. The molecule has 0 aliphatic carbocycles. The van der Waals surface area contributed by atoms with Gasteiger partial charge in [0.1, 0.15) is 16.0 Å². The van der Waals surface area contributed by atoms with E-state index in [0.717, 1.165) is 82.3 Å². The lowest BCUT2D eigenvalue weighted by Gasteiger charge is -2.11. The van der Waals surface area contributed by atoms with Crippen LogP contribution < -0.4 is 0 Å². The lowest BCUT2D eigenvalue weighted by molar-refractivity contribution is 0.673. The number of benzene rings is 6. The van der Waals surface area contributed by atoms with E-state index in [1.807, 2.05) is 18.2 Å². The first-order chi connectivity index (χ1) is 22.3. The van der Waals surface area contributed by atoms with Crippen LogP contribution in [0.25, 0.3) is 92.4 Å². The van der Waals surface area contributed by atoms with Gasteiger partial charge in [-0.15, -0.1) is 11.3 Å². The summed E-state index contributed by atoms with van der Waals surface area (Å²) in [5.41, 5.74) is 8.13. The molecule has 0 N–H and O–H groups in total. The van der Waals surface area contributed by atoms with Crippen LogP contribution in [-0.2, 0) is 0 Å². The van der Waals surface area contributed by atoms with E-state index in [9.17, 15) is 0 Å². The van der Waals surface area contributed by atoms with Gasteiger partial charge in [-0.25, -0.2) is 9.97 Å². The van der Waals surface area contributed by atoms with Gasteiger partial charge in [0.25, 0.3) is 0 Å². The second-order valence-corrected chi connectivity index (χ2v) is 12.4. The summed E-state index contributed by atoms with van der Waals surface area (Å²) in [6.45, 7) is 0. The van der Waals surface area contributed by atoms with Crippen LogP contribution in [0, 0.1) is 0 Å². The van der Waals surface area contributed by atoms with E-state index in [1.165, 1.54) is 10.1 Å². The van der Waals surface area contributed by atoms with E-state index in [4.69, 9.17) is 14.4 Å². The molecule has 0 amide bonds. The second-order valence-electron chi connectivity index (χ2n) is 11.4. The zero-order valence-corrected chi connectivity index (χ0v) is 24.8. The Morgan fingerprint density at radius 1 is 0.533 bits per heavy atom. The Balaban J connectivity index is 1.23. The second kappa shape index (κ2) is 9.36. The first kappa shape index (κ1) is 24.6. The maximum Gasteiger partial charge on any atom is 0.161 e. The molecule has 4 heterocycles. The number of hydrogen-bond acceptors (Lipinski definition) is 4. The number of hydrogen-bond donors (Lipinski definition) is 0. The van der Waals surface area contributed by atoms with Gasteiger partial charge in [-0.2, -0.15) is 0 Å². The van der Waals surface area contributed by atoms with Crippen LogP contribution in [0.2, 0.25) is 0 Å². The molecule has 4 aromatic heterocycles. The van der Waals surface area contributed by atoms with Crippen LogP contribution in [-0.4, -0.2) is 14.5 Å². The van der Waals surface area contributed by atoms with Gasteiger partial charge >= 0.3 is 0 Å². The molecule has 4 nitrogen and oxygen atoms in total. The van der Waals surface area contributed by atoms with E-state index in [1.54, 1.807) is 11.3 Å². The Labute approximate surface area is 261 Å². The van der Waals surface area contributed by atoms with Crippen LogP contribution in [0.5, 0.6) is 0 Å². The van der Waals surface area contributed by atoms with Crippen molar-refractivity contribution in [2.75, 3.05) is 0 Å². The molecule has 0 radical (unpaired) electrons. The normalized spacial score (nSPS) is 12.0. The molecular formula is C40H23N3OS. The fourth-order valence-electron chi connectivity index (χ4n) is 6.85. The summed E-state index contributed by atoms with van der Waals surface area (Å²) in [7, 11) is 0. The van der Waals surface area contributed by atoms with Crippen molar-refractivity contribution in [1.82, 2.24) is 14.5 Å². The summed E-state index contributed by atoms with van der Waals surface area (Å²) in [5.74, 6) is 0.718. The molecule has 0 saturated heterocycles. The average molecular weight is 594 g/mol. The zero-order chi connectivity index (χ0) is 29.5. The first-order valence-corrected chi connectivity index (χ1v) is 15.8. The SMILES string of the molecule is c1ccc(-c2nc(-c3cccc(-n4c5ccccc5c5c6oc7ccccc7c6ccc54)c3)nc3sc4ccccc4c23)cc1. The van der Waals surface area contributed by atoms with Gasteiger partial charge in [-0.1, -0.05) is 97.1 Å². The van der Waals surface area contributed by atoms with E-state index >= 15 is 0 Å². The van der Waals surface area contributed by atoms with Crippen molar-refractivity contribution in [2.45, 2.75) is 0 Å². The van der Waals surface area contributed by atoms with Crippen molar-refractivity contribution in [3.63, 3.8) is 0 Å². The summed E-state index contributed by atoms with van der Waals surface area (Å²) in [4.78, 5) is 11.4. The third-order valence-corrected chi connectivity index (χ3v) is 9.89. The molecule has 210 valence electrons. The Hall–Kier alpha value is -5.78. The number of furan rings is 1. The number of fused-ring (bicyclic) bond motifs is 10. The van der Waals surface area contributed by atoms with Crippen molar-refractivity contribution in [2.24, 2.45) is 0 Å². The fourth-order valence-corrected chi connectivity index (χ4v) is 7.93. The van der Waals surface area contributed by atoms with Crippen molar-refractivity contribution in [3.8, 4) is 28.3 Å². The number of nitrogens with zero attached hydrogens (tertiary/aromatic N) is 3. The predicted molar refractivity (Wildman–Crippen MR) is 187 cm³/mol. The molecule has 0 aliphatic rings. The molecule has 0 fully saturated rings. The first-order valence-electron chi connectivity index (χ1n) is 15.0. The number of aromatic nitrogens is 3.